The summed E-state index contributed by atoms with van der Waals surface area (Å²) in [6, 6.07) is 5.38. The summed E-state index contributed by atoms with van der Waals surface area (Å²) >= 11 is 0. The molecule has 2 N–H and O–H groups in total. The number of aryl methyl sites for hydroxylation is 1. The molecule has 4 rings (SSSR count). The molecule has 1 saturated heterocycles. The minimum atomic E-state index is -0.621. The van der Waals surface area contributed by atoms with E-state index in [4.69, 9.17) is 24.0 Å². The van der Waals surface area contributed by atoms with E-state index in [-0.39, 0.29) is 11.1 Å². The number of ether oxygens (including phenoxy) is 3. The molecule has 0 aliphatic carbocycles. The van der Waals surface area contributed by atoms with Crippen molar-refractivity contribution in [2.75, 3.05) is 20.3 Å². The van der Waals surface area contributed by atoms with Crippen LogP contribution in [0.25, 0.3) is 21.9 Å². The smallest absolute Gasteiger partial charge is 0.188 e. The minimum absolute atomic E-state index is 0.0627. The highest BCUT2D eigenvalue weighted by atomic mass is 16.7. The second-order valence-electron chi connectivity index (χ2n) is 6.15. The molecule has 0 saturated carbocycles. The zero-order valence-corrected chi connectivity index (χ0v) is 14.3. The molecule has 130 valence electrons. The van der Waals surface area contributed by atoms with Crippen molar-refractivity contribution in [2.45, 2.75) is 20.1 Å². The second-order valence-corrected chi connectivity index (χ2v) is 6.15. The maximum Gasteiger partial charge on any atom is 0.188 e. The predicted molar refractivity (Wildman–Crippen MR) is 91.9 cm³/mol. The van der Waals surface area contributed by atoms with E-state index in [9.17, 15) is 5.11 Å². The molecule has 0 spiro atoms. The third kappa shape index (κ3) is 2.29. The Bertz CT molecular complexity index is 1050. The zero-order chi connectivity index (χ0) is 17.7. The lowest BCUT2D eigenvalue weighted by Gasteiger charge is -2.17. The standard InChI is InChI=1S/C19H19NO5/c1-9-8-13-16(18(21)10(9)2)17(20)14-12(25-13)5-4-11(22-3)15(14)19-23-6-7-24-19/h4-5,8,19-21H,6-7H2,1-3H3. The molecule has 1 fully saturated rings. The van der Waals surface area contributed by atoms with Gasteiger partial charge in [-0.1, -0.05) is 0 Å². The van der Waals surface area contributed by atoms with Gasteiger partial charge in [-0.2, -0.15) is 0 Å². The fraction of sp³-hybridized carbons (Fsp3) is 0.316. The molecule has 2 aromatic carbocycles. The van der Waals surface area contributed by atoms with Gasteiger partial charge in [0.25, 0.3) is 0 Å². The van der Waals surface area contributed by atoms with E-state index >= 15 is 0 Å². The maximum absolute atomic E-state index is 10.6. The number of benzene rings is 2. The summed E-state index contributed by atoms with van der Waals surface area (Å²) in [7, 11) is 1.56. The fourth-order valence-electron chi connectivity index (χ4n) is 3.29. The van der Waals surface area contributed by atoms with Crippen LogP contribution in [0.4, 0.5) is 0 Å². The van der Waals surface area contributed by atoms with Crippen LogP contribution >= 0.6 is 0 Å². The van der Waals surface area contributed by atoms with Crippen molar-refractivity contribution in [3.8, 4) is 11.5 Å². The fourth-order valence-corrected chi connectivity index (χ4v) is 3.29. The van der Waals surface area contributed by atoms with E-state index < -0.39 is 6.29 Å². The molecule has 0 bridgehead atoms. The molecule has 0 atom stereocenters. The number of fused-ring (bicyclic) bond motifs is 2. The SMILES string of the molecule is COc1ccc2oc3cc(C)c(C)c(O)c3c(=N)c2c1C1OCCO1. The molecule has 25 heavy (non-hydrogen) atoms. The Morgan fingerprint density at radius 3 is 2.52 bits per heavy atom. The Balaban J connectivity index is 2.18. The molecule has 2 heterocycles. The minimum Gasteiger partial charge on any atom is -0.507 e. The summed E-state index contributed by atoms with van der Waals surface area (Å²) in [5.41, 5.74) is 3.25. The molecule has 6 nitrogen and oxygen atoms in total. The first-order valence-electron chi connectivity index (χ1n) is 8.07. The lowest BCUT2D eigenvalue weighted by Crippen LogP contribution is -2.11. The Labute approximate surface area is 144 Å². The highest BCUT2D eigenvalue weighted by Crippen LogP contribution is 2.38. The summed E-state index contributed by atoms with van der Waals surface area (Å²) in [6.07, 6.45) is -0.621. The van der Waals surface area contributed by atoms with Crippen LogP contribution in [0.3, 0.4) is 0 Å². The van der Waals surface area contributed by atoms with Gasteiger partial charge in [-0.25, -0.2) is 0 Å². The van der Waals surface area contributed by atoms with Crippen LogP contribution < -0.4 is 10.1 Å². The molecule has 0 amide bonds. The number of hydrogen-bond acceptors (Lipinski definition) is 6. The van der Waals surface area contributed by atoms with E-state index in [1.807, 2.05) is 19.9 Å². The van der Waals surface area contributed by atoms with E-state index in [0.717, 1.165) is 11.1 Å². The van der Waals surface area contributed by atoms with Crippen molar-refractivity contribution >= 4 is 21.9 Å². The summed E-state index contributed by atoms with van der Waals surface area (Å²) in [5.74, 6) is 0.624. The van der Waals surface area contributed by atoms with Crippen molar-refractivity contribution < 1.29 is 23.7 Å². The van der Waals surface area contributed by atoms with E-state index in [2.05, 4.69) is 0 Å². The highest BCUT2D eigenvalue weighted by Gasteiger charge is 2.27. The number of methoxy groups -OCH3 is 1. The van der Waals surface area contributed by atoms with Gasteiger partial charge in [0.05, 0.1) is 42.0 Å². The van der Waals surface area contributed by atoms with Gasteiger partial charge in [0.2, 0.25) is 0 Å². The number of aromatic hydroxyl groups is 1. The van der Waals surface area contributed by atoms with E-state index in [0.29, 0.717) is 46.5 Å². The van der Waals surface area contributed by atoms with Crippen molar-refractivity contribution in [1.29, 1.82) is 5.41 Å². The van der Waals surface area contributed by atoms with Gasteiger partial charge in [0.1, 0.15) is 22.7 Å². The van der Waals surface area contributed by atoms with Gasteiger partial charge in [-0.3, -0.25) is 5.41 Å². The summed E-state index contributed by atoms with van der Waals surface area (Å²) < 4.78 is 22.7. The molecule has 6 heteroatoms. The first-order valence-corrected chi connectivity index (χ1v) is 8.07. The van der Waals surface area contributed by atoms with Crippen LogP contribution in [-0.4, -0.2) is 25.4 Å². The molecule has 1 aliphatic rings. The average molecular weight is 341 g/mol. The summed E-state index contributed by atoms with van der Waals surface area (Å²) in [6.45, 7) is 4.68. The van der Waals surface area contributed by atoms with Gasteiger partial charge >= 0.3 is 0 Å². The third-order valence-corrected chi connectivity index (χ3v) is 4.74. The van der Waals surface area contributed by atoms with Crippen LogP contribution in [0.5, 0.6) is 11.5 Å². The van der Waals surface area contributed by atoms with Crippen LogP contribution in [-0.2, 0) is 9.47 Å². The first kappa shape index (κ1) is 15.9. The largest absolute Gasteiger partial charge is 0.507 e. The maximum atomic E-state index is 10.6. The molecular formula is C19H19NO5. The van der Waals surface area contributed by atoms with Crippen LogP contribution in [0.1, 0.15) is 23.0 Å². The number of phenolic OH excluding ortho intramolecular Hbond substituents is 1. The quantitative estimate of drug-likeness (QED) is 0.698. The normalized spacial score (nSPS) is 15.3. The number of hydrogen-bond donors (Lipinski definition) is 2. The van der Waals surface area contributed by atoms with Gasteiger partial charge in [0.15, 0.2) is 6.29 Å². The first-order chi connectivity index (χ1) is 12.0. The lowest BCUT2D eigenvalue weighted by molar-refractivity contribution is -0.0444. The third-order valence-electron chi connectivity index (χ3n) is 4.74. The topological polar surface area (TPSA) is 84.9 Å². The molecule has 0 unspecified atom stereocenters. The Hall–Kier alpha value is -2.57. The van der Waals surface area contributed by atoms with Gasteiger partial charge in [-0.05, 0) is 43.2 Å². The lowest BCUT2D eigenvalue weighted by atomic mass is 10.0. The molecule has 0 radical (unpaired) electrons. The van der Waals surface area contributed by atoms with Gasteiger partial charge in [0, 0.05) is 0 Å². The number of rotatable bonds is 2. The summed E-state index contributed by atoms with van der Waals surface area (Å²) in [5, 5.41) is 20.4. The molecule has 1 aliphatic heterocycles. The predicted octanol–water partition coefficient (Wildman–Crippen LogP) is 3.44. The van der Waals surface area contributed by atoms with Crippen molar-refractivity contribution in [2.24, 2.45) is 0 Å². The Morgan fingerprint density at radius 1 is 1.12 bits per heavy atom. The molecule has 1 aromatic heterocycles. The van der Waals surface area contributed by atoms with Gasteiger partial charge < -0.3 is 23.7 Å². The molecule has 3 aromatic rings. The van der Waals surface area contributed by atoms with Crippen LogP contribution in [0.15, 0.2) is 22.6 Å². The van der Waals surface area contributed by atoms with E-state index in [1.165, 1.54) is 0 Å². The van der Waals surface area contributed by atoms with Crippen LogP contribution in [0.2, 0.25) is 0 Å². The average Bonchev–Trinajstić information content (AvgIpc) is 3.13. The Morgan fingerprint density at radius 2 is 1.84 bits per heavy atom. The number of nitrogens with one attached hydrogen (secondary N) is 1. The zero-order valence-electron chi connectivity index (χ0n) is 14.3. The Kier molecular flexibility index (Phi) is 3.67. The summed E-state index contributed by atoms with van der Waals surface area (Å²) in [4.78, 5) is 0. The van der Waals surface area contributed by atoms with Crippen LogP contribution in [0, 0.1) is 19.3 Å². The van der Waals surface area contributed by atoms with Crippen molar-refractivity contribution in [1.82, 2.24) is 0 Å². The highest BCUT2D eigenvalue weighted by molar-refractivity contribution is 5.96. The second kappa shape index (κ2) is 5.75. The van der Waals surface area contributed by atoms with Gasteiger partial charge in [-0.15, -0.1) is 0 Å². The number of phenols is 1. The monoisotopic (exact) mass is 341 g/mol. The van der Waals surface area contributed by atoms with E-state index in [1.54, 1.807) is 19.2 Å². The van der Waals surface area contributed by atoms with Crippen molar-refractivity contribution in [3.63, 3.8) is 0 Å². The van der Waals surface area contributed by atoms with Crippen molar-refractivity contribution in [3.05, 3.63) is 40.2 Å². The molecular weight excluding hydrogens is 322 g/mol.